The lowest BCUT2D eigenvalue weighted by molar-refractivity contribution is 0.111. The van der Waals surface area contributed by atoms with Crippen LogP contribution >= 0.6 is 0 Å². The fourth-order valence-corrected chi connectivity index (χ4v) is 2.11. The van der Waals surface area contributed by atoms with Crippen LogP contribution in [0.4, 0.5) is 0 Å². The summed E-state index contributed by atoms with van der Waals surface area (Å²) in [4.78, 5) is 15.0. The fraction of sp³-hybridized carbons (Fsp3) is 0. The highest BCUT2D eigenvalue weighted by molar-refractivity contribution is 5.73. The van der Waals surface area contributed by atoms with E-state index in [2.05, 4.69) is 11.1 Å². The molecule has 23 heavy (non-hydrogen) atoms. The van der Waals surface area contributed by atoms with E-state index < -0.39 is 0 Å². The Balaban J connectivity index is 1.78. The number of aromatic nitrogens is 1. The van der Waals surface area contributed by atoms with Crippen LogP contribution in [0.5, 0.6) is 11.5 Å². The maximum absolute atomic E-state index is 10.8. The summed E-state index contributed by atoms with van der Waals surface area (Å²) < 4.78 is 5.73. The zero-order valence-corrected chi connectivity index (χ0v) is 12.1. The highest BCUT2D eigenvalue weighted by Crippen LogP contribution is 2.25. The molecule has 0 aliphatic rings. The van der Waals surface area contributed by atoms with Gasteiger partial charge >= 0.3 is 0 Å². The predicted molar refractivity (Wildman–Crippen MR) is 86.3 cm³/mol. The molecule has 0 atom stereocenters. The van der Waals surface area contributed by atoms with Crippen LogP contribution in [-0.2, 0) is 0 Å². The second-order valence-electron chi connectivity index (χ2n) is 4.83. The molecule has 0 radical (unpaired) electrons. The van der Waals surface area contributed by atoms with E-state index in [4.69, 9.17) is 10.00 Å². The Hall–Kier alpha value is -3.45. The van der Waals surface area contributed by atoms with Gasteiger partial charge in [0.1, 0.15) is 17.2 Å². The van der Waals surface area contributed by atoms with E-state index in [1.807, 2.05) is 30.3 Å². The minimum Gasteiger partial charge on any atom is -0.457 e. The summed E-state index contributed by atoms with van der Waals surface area (Å²) in [6.45, 7) is 0. The lowest BCUT2D eigenvalue weighted by Crippen LogP contribution is -1.90. The molecule has 110 valence electrons. The highest BCUT2D eigenvalue weighted by Gasteiger charge is 2.02. The van der Waals surface area contributed by atoms with Gasteiger partial charge in [0.15, 0.2) is 6.29 Å². The van der Waals surface area contributed by atoms with Gasteiger partial charge in [0, 0.05) is 5.56 Å². The summed E-state index contributed by atoms with van der Waals surface area (Å²) in [5.41, 5.74) is 2.63. The molecule has 3 aromatic rings. The van der Waals surface area contributed by atoms with Crippen molar-refractivity contribution in [3.05, 3.63) is 78.0 Å². The molecule has 0 aliphatic heterocycles. The highest BCUT2D eigenvalue weighted by atomic mass is 16.5. The van der Waals surface area contributed by atoms with Gasteiger partial charge in [-0.3, -0.25) is 4.79 Å². The first kappa shape index (κ1) is 14.5. The Kier molecular flexibility index (Phi) is 4.12. The molecular formula is C19H12N2O2. The van der Waals surface area contributed by atoms with Gasteiger partial charge in [-0.2, -0.15) is 5.26 Å². The van der Waals surface area contributed by atoms with Crippen LogP contribution < -0.4 is 4.74 Å². The number of benzene rings is 2. The molecule has 0 saturated carbocycles. The molecule has 1 heterocycles. The average molecular weight is 300 g/mol. The lowest BCUT2D eigenvalue weighted by Gasteiger charge is -2.07. The molecule has 0 aliphatic carbocycles. The van der Waals surface area contributed by atoms with Crippen molar-refractivity contribution in [1.29, 1.82) is 5.26 Å². The summed E-state index contributed by atoms with van der Waals surface area (Å²) in [5, 5.41) is 8.78. The normalized spacial score (nSPS) is 9.87. The van der Waals surface area contributed by atoms with Crippen LogP contribution in [0.1, 0.15) is 16.1 Å². The van der Waals surface area contributed by atoms with Crippen LogP contribution in [0.25, 0.3) is 11.3 Å². The second-order valence-corrected chi connectivity index (χ2v) is 4.83. The summed E-state index contributed by atoms with van der Waals surface area (Å²) >= 11 is 0. The number of nitriles is 1. The molecule has 0 spiro atoms. The van der Waals surface area contributed by atoms with Gasteiger partial charge < -0.3 is 4.74 Å². The van der Waals surface area contributed by atoms with Crippen molar-refractivity contribution < 1.29 is 9.53 Å². The quantitative estimate of drug-likeness (QED) is 0.676. The number of nitrogens with zero attached hydrogens (tertiary/aromatic N) is 2. The van der Waals surface area contributed by atoms with Crippen molar-refractivity contribution in [3.63, 3.8) is 0 Å². The van der Waals surface area contributed by atoms with E-state index in [0.717, 1.165) is 17.5 Å². The predicted octanol–water partition coefficient (Wildman–Crippen LogP) is 4.23. The van der Waals surface area contributed by atoms with Crippen LogP contribution in [0.3, 0.4) is 0 Å². The summed E-state index contributed by atoms with van der Waals surface area (Å²) in [5.74, 6) is 1.35. The minimum atomic E-state index is 0.403. The molecule has 0 amide bonds. The molecule has 1 aromatic heterocycles. The molecular weight excluding hydrogens is 288 g/mol. The van der Waals surface area contributed by atoms with Crippen molar-refractivity contribution in [3.8, 4) is 28.8 Å². The van der Waals surface area contributed by atoms with Gasteiger partial charge in [-0.05, 0) is 60.7 Å². The van der Waals surface area contributed by atoms with E-state index in [0.29, 0.717) is 22.8 Å². The number of pyridine rings is 1. The minimum absolute atomic E-state index is 0.403. The van der Waals surface area contributed by atoms with Crippen LogP contribution in [0, 0.1) is 11.3 Å². The Morgan fingerprint density at radius 3 is 2.17 bits per heavy atom. The van der Waals surface area contributed by atoms with Gasteiger partial charge in [-0.1, -0.05) is 6.07 Å². The number of ether oxygens (including phenoxy) is 1. The van der Waals surface area contributed by atoms with E-state index >= 15 is 0 Å². The number of aldehydes is 1. The molecule has 0 bridgehead atoms. The lowest BCUT2D eigenvalue weighted by atomic mass is 10.1. The maximum atomic E-state index is 10.8. The monoisotopic (exact) mass is 300 g/mol. The van der Waals surface area contributed by atoms with Gasteiger partial charge in [-0.15, -0.1) is 0 Å². The summed E-state index contributed by atoms with van der Waals surface area (Å²) in [6, 6.07) is 21.7. The summed E-state index contributed by atoms with van der Waals surface area (Å²) in [6.07, 6.45) is 0.728. The van der Waals surface area contributed by atoms with Crippen LogP contribution in [0.15, 0.2) is 66.7 Å². The summed E-state index contributed by atoms with van der Waals surface area (Å²) in [7, 11) is 0. The Bertz CT molecular complexity index is 863. The average Bonchev–Trinajstić information content (AvgIpc) is 2.63. The van der Waals surface area contributed by atoms with Gasteiger partial charge in [-0.25, -0.2) is 4.98 Å². The smallest absolute Gasteiger partial charge is 0.168 e. The van der Waals surface area contributed by atoms with E-state index in [-0.39, 0.29) is 0 Å². The Labute approximate surface area is 133 Å². The zero-order valence-electron chi connectivity index (χ0n) is 12.1. The van der Waals surface area contributed by atoms with Gasteiger partial charge in [0.05, 0.1) is 17.3 Å². The second kappa shape index (κ2) is 6.54. The van der Waals surface area contributed by atoms with E-state index in [1.54, 1.807) is 36.4 Å². The first-order chi connectivity index (χ1) is 11.3. The Morgan fingerprint density at radius 1 is 0.913 bits per heavy atom. The number of rotatable bonds is 4. The number of carbonyl (C=O) groups excluding carboxylic acids is 1. The van der Waals surface area contributed by atoms with Crippen LogP contribution in [0.2, 0.25) is 0 Å². The van der Waals surface area contributed by atoms with Crippen LogP contribution in [-0.4, -0.2) is 11.3 Å². The van der Waals surface area contributed by atoms with Crippen molar-refractivity contribution >= 4 is 6.29 Å². The molecule has 0 saturated heterocycles. The third-order valence-electron chi connectivity index (χ3n) is 3.26. The molecule has 4 nitrogen and oxygen atoms in total. The number of carbonyl (C=O) groups is 1. The van der Waals surface area contributed by atoms with E-state index in [1.165, 1.54) is 0 Å². The van der Waals surface area contributed by atoms with Crippen molar-refractivity contribution in [1.82, 2.24) is 4.98 Å². The van der Waals surface area contributed by atoms with Gasteiger partial charge in [0.25, 0.3) is 0 Å². The molecule has 3 rings (SSSR count). The molecule has 0 fully saturated rings. The number of hydrogen-bond acceptors (Lipinski definition) is 4. The molecule has 0 unspecified atom stereocenters. The first-order valence-corrected chi connectivity index (χ1v) is 6.99. The Morgan fingerprint density at radius 2 is 1.57 bits per heavy atom. The first-order valence-electron chi connectivity index (χ1n) is 6.99. The third-order valence-corrected chi connectivity index (χ3v) is 3.26. The van der Waals surface area contributed by atoms with Crippen molar-refractivity contribution in [2.24, 2.45) is 0 Å². The third kappa shape index (κ3) is 3.42. The molecule has 2 aromatic carbocycles. The van der Waals surface area contributed by atoms with E-state index in [9.17, 15) is 4.79 Å². The fourth-order valence-electron chi connectivity index (χ4n) is 2.11. The SMILES string of the molecule is N#Cc1ccc(Oc2ccc(-c3cccc(C=O)n3)cc2)cc1. The van der Waals surface area contributed by atoms with Gasteiger partial charge in [0.2, 0.25) is 0 Å². The van der Waals surface area contributed by atoms with Crippen molar-refractivity contribution in [2.75, 3.05) is 0 Å². The molecule has 0 N–H and O–H groups in total. The topological polar surface area (TPSA) is 63.0 Å². The number of hydrogen-bond donors (Lipinski definition) is 0. The zero-order chi connectivity index (χ0) is 16.1. The largest absolute Gasteiger partial charge is 0.457 e. The molecule has 4 heteroatoms. The standard InChI is InChI=1S/C19H12N2O2/c20-12-14-4-8-17(9-5-14)23-18-10-6-15(7-11-18)19-3-1-2-16(13-22)21-19/h1-11,13H. The van der Waals surface area contributed by atoms with Crippen molar-refractivity contribution in [2.45, 2.75) is 0 Å². The maximum Gasteiger partial charge on any atom is 0.168 e.